The van der Waals surface area contributed by atoms with Gasteiger partial charge in [-0.1, -0.05) is 36.4 Å². The lowest BCUT2D eigenvalue weighted by atomic mass is 10.2. The molecule has 2 aromatic rings. The molecule has 0 amide bonds. The van der Waals surface area contributed by atoms with Crippen LogP contribution in [0.5, 0.6) is 17.2 Å². The molecule has 0 unspecified atom stereocenters. The molecule has 0 bridgehead atoms. The fourth-order valence-corrected chi connectivity index (χ4v) is 2.07. The van der Waals surface area contributed by atoms with E-state index in [1.807, 2.05) is 42.5 Å². The van der Waals surface area contributed by atoms with Crippen molar-refractivity contribution in [3.8, 4) is 17.2 Å². The van der Waals surface area contributed by atoms with Crippen LogP contribution in [0.25, 0.3) is 6.08 Å². The highest BCUT2D eigenvalue weighted by Crippen LogP contribution is 2.37. The molecule has 0 saturated carbocycles. The Morgan fingerprint density at radius 1 is 0.792 bits per heavy atom. The van der Waals surface area contributed by atoms with Crippen LogP contribution in [0.3, 0.4) is 0 Å². The normalized spacial score (nSPS) is 11.5. The molecule has 0 spiro atoms. The van der Waals surface area contributed by atoms with Crippen molar-refractivity contribution in [2.45, 2.75) is 0 Å². The number of benzene rings is 2. The summed E-state index contributed by atoms with van der Waals surface area (Å²) in [6.45, 7) is 0. The SMILES string of the molecule is COc1cc(\C=N/N=C/C=C/c2ccccc2)cc(OC)c1OC. The van der Waals surface area contributed by atoms with E-state index >= 15 is 0 Å². The van der Waals surface area contributed by atoms with Crippen LogP contribution in [0.4, 0.5) is 0 Å². The third-order valence-electron chi connectivity index (χ3n) is 3.20. The van der Waals surface area contributed by atoms with Crippen molar-refractivity contribution in [3.05, 3.63) is 59.7 Å². The Balaban J connectivity index is 2.06. The lowest BCUT2D eigenvalue weighted by Crippen LogP contribution is -1.96. The molecule has 124 valence electrons. The molecule has 0 aliphatic heterocycles. The maximum absolute atomic E-state index is 5.30. The number of rotatable bonds is 7. The maximum Gasteiger partial charge on any atom is 0.203 e. The first-order valence-electron chi connectivity index (χ1n) is 7.36. The smallest absolute Gasteiger partial charge is 0.203 e. The van der Waals surface area contributed by atoms with Crippen LogP contribution in [0.2, 0.25) is 0 Å². The van der Waals surface area contributed by atoms with E-state index in [0.29, 0.717) is 17.2 Å². The van der Waals surface area contributed by atoms with Crippen LogP contribution in [0.1, 0.15) is 11.1 Å². The van der Waals surface area contributed by atoms with Crippen LogP contribution >= 0.6 is 0 Å². The predicted molar refractivity (Wildman–Crippen MR) is 97.7 cm³/mol. The van der Waals surface area contributed by atoms with Crippen molar-refractivity contribution in [1.82, 2.24) is 0 Å². The molecule has 0 saturated heterocycles. The lowest BCUT2D eigenvalue weighted by molar-refractivity contribution is 0.324. The van der Waals surface area contributed by atoms with Crippen LogP contribution in [-0.4, -0.2) is 33.8 Å². The summed E-state index contributed by atoms with van der Waals surface area (Å²) in [6, 6.07) is 13.6. The number of nitrogens with zero attached hydrogens (tertiary/aromatic N) is 2. The molecule has 0 aliphatic carbocycles. The van der Waals surface area contributed by atoms with Gasteiger partial charge in [0.1, 0.15) is 0 Å². The lowest BCUT2D eigenvalue weighted by Gasteiger charge is -2.12. The van der Waals surface area contributed by atoms with E-state index in [2.05, 4.69) is 10.2 Å². The summed E-state index contributed by atoms with van der Waals surface area (Å²) in [5.74, 6) is 1.70. The first-order chi connectivity index (χ1) is 11.8. The van der Waals surface area contributed by atoms with Crippen LogP contribution in [-0.2, 0) is 0 Å². The number of hydrogen-bond donors (Lipinski definition) is 0. The van der Waals surface area contributed by atoms with Crippen molar-refractivity contribution in [3.63, 3.8) is 0 Å². The Bertz CT molecular complexity index is 713. The van der Waals surface area contributed by atoms with Crippen molar-refractivity contribution < 1.29 is 14.2 Å². The minimum Gasteiger partial charge on any atom is -0.493 e. The van der Waals surface area contributed by atoms with Gasteiger partial charge in [-0.3, -0.25) is 0 Å². The number of allylic oxidation sites excluding steroid dienone is 1. The average Bonchev–Trinajstić information content (AvgIpc) is 2.64. The van der Waals surface area contributed by atoms with E-state index in [-0.39, 0.29) is 0 Å². The highest BCUT2D eigenvalue weighted by Gasteiger charge is 2.12. The summed E-state index contributed by atoms with van der Waals surface area (Å²) in [7, 11) is 4.72. The molecule has 24 heavy (non-hydrogen) atoms. The number of methoxy groups -OCH3 is 3. The summed E-state index contributed by atoms with van der Waals surface area (Å²) in [5.41, 5.74) is 1.91. The Kier molecular flexibility index (Phi) is 6.58. The molecule has 0 atom stereocenters. The highest BCUT2D eigenvalue weighted by atomic mass is 16.5. The van der Waals surface area contributed by atoms with Gasteiger partial charge in [0.05, 0.1) is 27.5 Å². The van der Waals surface area contributed by atoms with E-state index in [4.69, 9.17) is 14.2 Å². The third-order valence-corrected chi connectivity index (χ3v) is 3.20. The molecule has 0 radical (unpaired) electrons. The molecule has 0 fully saturated rings. The zero-order valence-corrected chi connectivity index (χ0v) is 14.0. The van der Waals surface area contributed by atoms with Gasteiger partial charge in [-0.15, -0.1) is 0 Å². The Labute approximate surface area is 141 Å². The number of ether oxygens (including phenoxy) is 3. The first kappa shape index (κ1) is 17.3. The molecule has 0 aromatic heterocycles. The Morgan fingerprint density at radius 3 is 2.04 bits per heavy atom. The van der Waals surface area contributed by atoms with Gasteiger partial charge < -0.3 is 14.2 Å². The monoisotopic (exact) mass is 324 g/mol. The zero-order chi connectivity index (χ0) is 17.2. The van der Waals surface area contributed by atoms with Gasteiger partial charge >= 0.3 is 0 Å². The fourth-order valence-electron chi connectivity index (χ4n) is 2.07. The Hall–Kier alpha value is -3.08. The summed E-state index contributed by atoms with van der Waals surface area (Å²) >= 11 is 0. The topological polar surface area (TPSA) is 52.4 Å². The van der Waals surface area contributed by atoms with E-state index in [1.54, 1.807) is 45.9 Å². The van der Waals surface area contributed by atoms with Gasteiger partial charge in [0.25, 0.3) is 0 Å². The van der Waals surface area contributed by atoms with E-state index in [0.717, 1.165) is 11.1 Å². The summed E-state index contributed by atoms with van der Waals surface area (Å²) < 4.78 is 15.9. The molecule has 2 aromatic carbocycles. The second-order valence-corrected chi connectivity index (χ2v) is 4.74. The second kappa shape index (κ2) is 9.15. The molecule has 5 heteroatoms. The fraction of sp³-hybridized carbons (Fsp3) is 0.158. The highest BCUT2D eigenvalue weighted by molar-refractivity contribution is 5.83. The van der Waals surface area contributed by atoms with Gasteiger partial charge in [-0.05, 0) is 23.8 Å². The molecular weight excluding hydrogens is 304 g/mol. The molecular formula is C19H20N2O3. The van der Waals surface area contributed by atoms with Crippen LogP contribution < -0.4 is 14.2 Å². The van der Waals surface area contributed by atoms with Crippen molar-refractivity contribution in [2.24, 2.45) is 10.2 Å². The second-order valence-electron chi connectivity index (χ2n) is 4.74. The van der Waals surface area contributed by atoms with E-state index in [9.17, 15) is 0 Å². The molecule has 2 rings (SSSR count). The minimum atomic E-state index is 0.548. The quantitative estimate of drug-likeness (QED) is 0.574. The van der Waals surface area contributed by atoms with Crippen molar-refractivity contribution in [2.75, 3.05) is 21.3 Å². The zero-order valence-electron chi connectivity index (χ0n) is 14.0. The van der Waals surface area contributed by atoms with E-state index < -0.39 is 0 Å². The number of hydrogen-bond acceptors (Lipinski definition) is 5. The van der Waals surface area contributed by atoms with Gasteiger partial charge in [-0.25, -0.2) is 0 Å². The minimum absolute atomic E-state index is 0.548. The average molecular weight is 324 g/mol. The third kappa shape index (κ3) is 4.71. The van der Waals surface area contributed by atoms with Gasteiger partial charge in [0, 0.05) is 11.8 Å². The van der Waals surface area contributed by atoms with Crippen LogP contribution in [0, 0.1) is 0 Å². The molecule has 0 aliphatic rings. The first-order valence-corrected chi connectivity index (χ1v) is 7.36. The van der Waals surface area contributed by atoms with Gasteiger partial charge in [-0.2, -0.15) is 10.2 Å². The molecule has 0 heterocycles. The predicted octanol–water partition coefficient (Wildman–Crippen LogP) is 3.83. The van der Waals surface area contributed by atoms with Gasteiger partial charge in [0.2, 0.25) is 5.75 Å². The van der Waals surface area contributed by atoms with Crippen molar-refractivity contribution >= 4 is 18.5 Å². The molecule has 0 N–H and O–H groups in total. The van der Waals surface area contributed by atoms with E-state index in [1.165, 1.54) is 0 Å². The summed E-state index contributed by atoms with van der Waals surface area (Å²) in [5, 5.41) is 8.00. The van der Waals surface area contributed by atoms with Crippen LogP contribution in [0.15, 0.2) is 58.7 Å². The maximum atomic E-state index is 5.30. The standard InChI is InChI=1S/C19H20N2O3/c1-22-17-12-16(13-18(23-2)19(17)24-3)14-21-20-11-7-10-15-8-5-4-6-9-15/h4-14H,1-3H3/b10-7+,20-11+,21-14-. The largest absolute Gasteiger partial charge is 0.493 e. The van der Waals surface area contributed by atoms with Gasteiger partial charge in [0.15, 0.2) is 11.5 Å². The summed E-state index contributed by atoms with van der Waals surface area (Å²) in [6.07, 6.45) is 7.04. The Morgan fingerprint density at radius 2 is 1.46 bits per heavy atom. The molecule has 5 nitrogen and oxygen atoms in total. The summed E-state index contributed by atoms with van der Waals surface area (Å²) in [4.78, 5) is 0. The van der Waals surface area contributed by atoms with Crippen molar-refractivity contribution in [1.29, 1.82) is 0 Å².